The molecule has 0 amide bonds. The fourth-order valence-corrected chi connectivity index (χ4v) is 1.86. The van der Waals surface area contributed by atoms with Gasteiger partial charge in [0.15, 0.2) is 0 Å². The lowest BCUT2D eigenvalue weighted by molar-refractivity contribution is -0.139. The predicted octanol–water partition coefficient (Wildman–Crippen LogP) is 2.94. The Kier molecular flexibility index (Phi) is 4.60. The Bertz CT molecular complexity index is 566. The molecule has 0 aliphatic heterocycles. The van der Waals surface area contributed by atoms with Crippen LogP contribution in [-0.2, 0) is 4.79 Å². The topological polar surface area (TPSA) is 55.8 Å². The monoisotopic (exact) mass is 272 g/mol. The molecule has 2 aromatic carbocycles. The van der Waals surface area contributed by atoms with E-state index in [1.54, 1.807) is 43.5 Å². The Morgan fingerprint density at radius 2 is 1.80 bits per heavy atom. The van der Waals surface area contributed by atoms with E-state index in [1.807, 2.05) is 18.2 Å². The van der Waals surface area contributed by atoms with E-state index < -0.39 is 11.9 Å². The first kappa shape index (κ1) is 13.9. The Labute approximate surface area is 117 Å². The van der Waals surface area contributed by atoms with E-state index in [1.165, 1.54) is 0 Å². The predicted molar refractivity (Wildman–Crippen MR) is 75.3 cm³/mol. The maximum absolute atomic E-state index is 11.4. The van der Waals surface area contributed by atoms with Crippen LogP contribution in [0.1, 0.15) is 11.5 Å². The number of para-hydroxylation sites is 1. The Balaban J connectivity index is 2.12. The average molecular weight is 272 g/mol. The molecule has 2 aromatic rings. The third-order valence-corrected chi connectivity index (χ3v) is 2.95. The quantitative estimate of drug-likeness (QED) is 0.878. The summed E-state index contributed by atoms with van der Waals surface area (Å²) in [5.41, 5.74) is 0.660. The van der Waals surface area contributed by atoms with Gasteiger partial charge in [-0.1, -0.05) is 30.3 Å². The Morgan fingerprint density at radius 3 is 2.45 bits per heavy atom. The molecule has 0 spiro atoms. The molecule has 4 nitrogen and oxygen atoms in total. The molecule has 20 heavy (non-hydrogen) atoms. The van der Waals surface area contributed by atoms with Crippen molar-refractivity contribution in [2.45, 2.75) is 5.92 Å². The number of carbonyl (C=O) groups is 1. The molecular weight excluding hydrogens is 256 g/mol. The number of rotatable bonds is 6. The van der Waals surface area contributed by atoms with Gasteiger partial charge in [0, 0.05) is 0 Å². The lowest BCUT2D eigenvalue weighted by Crippen LogP contribution is -2.19. The summed E-state index contributed by atoms with van der Waals surface area (Å²) in [4.78, 5) is 11.4. The highest BCUT2D eigenvalue weighted by molar-refractivity contribution is 5.76. The molecule has 0 saturated carbocycles. The van der Waals surface area contributed by atoms with Crippen LogP contribution in [0.3, 0.4) is 0 Å². The number of carboxylic acids is 1. The van der Waals surface area contributed by atoms with Gasteiger partial charge in [0.2, 0.25) is 0 Å². The SMILES string of the molecule is COc1cccc(C(COc2ccccc2)C(=O)O)c1. The van der Waals surface area contributed by atoms with Crippen molar-refractivity contribution in [2.75, 3.05) is 13.7 Å². The number of benzene rings is 2. The largest absolute Gasteiger partial charge is 0.497 e. The van der Waals surface area contributed by atoms with Gasteiger partial charge in [0.25, 0.3) is 0 Å². The second kappa shape index (κ2) is 6.61. The van der Waals surface area contributed by atoms with Crippen LogP contribution in [0, 0.1) is 0 Å². The molecule has 0 saturated heterocycles. The van der Waals surface area contributed by atoms with Crippen LogP contribution in [0.25, 0.3) is 0 Å². The van der Waals surface area contributed by atoms with E-state index in [2.05, 4.69) is 0 Å². The summed E-state index contributed by atoms with van der Waals surface area (Å²) in [6.07, 6.45) is 0. The van der Waals surface area contributed by atoms with Gasteiger partial charge < -0.3 is 14.6 Å². The minimum atomic E-state index is -0.922. The maximum atomic E-state index is 11.4. The van der Waals surface area contributed by atoms with Crippen LogP contribution >= 0.6 is 0 Å². The van der Waals surface area contributed by atoms with Crippen molar-refractivity contribution < 1.29 is 19.4 Å². The molecule has 1 unspecified atom stereocenters. The summed E-state index contributed by atoms with van der Waals surface area (Å²) < 4.78 is 10.6. The smallest absolute Gasteiger partial charge is 0.314 e. The molecule has 1 atom stereocenters. The van der Waals surface area contributed by atoms with Crippen LogP contribution in [0.4, 0.5) is 0 Å². The van der Waals surface area contributed by atoms with E-state index >= 15 is 0 Å². The number of aliphatic carboxylic acids is 1. The molecule has 0 radical (unpaired) electrons. The zero-order valence-electron chi connectivity index (χ0n) is 11.2. The summed E-state index contributed by atoms with van der Waals surface area (Å²) in [5.74, 6) is -0.366. The van der Waals surface area contributed by atoms with Crippen LogP contribution in [-0.4, -0.2) is 24.8 Å². The Hall–Kier alpha value is -2.49. The molecule has 0 fully saturated rings. The average Bonchev–Trinajstić information content (AvgIpc) is 2.48. The van der Waals surface area contributed by atoms with Crippen molar-refractivity contribution in [1.82, 2.24) is 0 Å². The van der Waals surface area contributed by atoms with Crippen molar-refractivity contribution in [1.29, 1.82) is 0 Å². The van der Waals surface area contributed by atoms with E-state index in [-0.39, 0.29) is 6.61 Å². The second-order valence-electron chi connectivity index (χ2n) is 4.29. The summed E-state index contributed by atoms with van der Waals surface area (Å²) in [6, 6.07) is 16.2. The standard InChI is InChI=1S/C16H16O4/c1-19-14-9-5-6-12(10-14)15(16(17)18)11-20-13-7-3-2-4-8-13/h2-10,15H,11H2,1H3,(H,17,18). The molecule has 104 valence electrons. The van der Waals surface area contributed by atoms with Crippen molar-refractivity contribution in [3.8, 4) is 11.5 Å². The molecule has 0 aromatic heterocycles. The number of ether oxygens (including phenoxy) is 2. The van der Waals surface area contributed by atoms with Crippen molar-refractivity contribution in [3.05, 3.63) is 60.2 Å². The fourth-order valence-electron chi connectivity index (χ4n) is 1.86. The number of hydrogen-bond donors (Lipinski definition) is 1. The molecule has 4 heteroatoms. The highest BCUT2D eigenvalue weighted by atomic mass is 16.5. The summed E-state index contributed by atoms with van der Waals surface area (Å²) in [7, 11) is 1.55. The van der Waals surface area contributed by atoms with Gasteiger partial charge in [-0.05, 0) is 29.8 Å². The van der Waals surface area contributed by atoms with E-state index in [0.717, 1.165) is 0 Å². The molecule has 1 N–H and O–H groups in total. The minimum absolute atomic E-state index is 0.0759. The minimum Gasteiger partial charge on any atom is -0.497 e. The lowest BCUT2D eigenvalue weighted by atomic mass is 10.00. The number of methoxy groups -OCH3 is 1. The third-order valence-electron chi connectivity index (χ3n) is 2.95. The first-order valence-corrected chi connectivity index (χ1v) is 6.25. The van der Waals surface area contributed by atoms with Crippen LogP contribution in [0.5, 0.6) is 11.5 Å². The van der Waals surface area contributed by atoms with Gasteiger partial charge in [-0.3, -0.25) is 4.79 Å². The molecule has 0 bridgehead atoms. The van der Waals surface area contributed by atoms with Crippen molar-refractivity contribution in [2.24, 2.45) is 0 Å². The van der Waals surface area contributed by atoms with Crippen molar-refractivity contribution in [3.63, 3.8) is 0 Å². The first-order chi connectivity index (χ1) is 9.70. The van der Waals surface area contributed by atoms with Crippen molar-refractivity contribution >= 4 is 5.97 Å². The summed E-state index contributed by atoms with van der Waals surface area (Å²) >= 11 is 0. The zero-order chi connectivity index (χ0) is 14.4. The zero-order valence-corrected chi connectivity index (χ0v) is 11.2. The molecule has 0 heterocycles. The molecule has 0 aliphatic carbocycles. The van der Waals surface area contributed by atoms with Gasteiger partial charge in [0.05, 0.1) is 7.11 Å². The fraction of sp³-hybridized carbons (Fsp3) is 0.188. The second-order valence-corrected chi connectivity index (χ2v) is 4.29. The first-order valence-electron chi connectivity index (χ1n) is 6.25. The summed E-state index contributed by atoms with van der Waals surface area (Å²) in [6.45, 7) is 0.0759. The van der Waals surface area contributed by atoms with Crippen LogP contribution < -0.4 is 9.47 Å². The van der Waals surface area contributed by atoms with Gasteiger partial charge in [-0.15, -0.1) is 0 Å². The van der Waals surface area contributed by atoms with Crippen LogP contribution in [0.2, 0.25) is 0 Å². The van der Waals surface area contributed by atoms with Gasteiger partial charge in [-0.25, -0.2) is 0 Å². The molecular formula is C16H16O4. The molecule has 2 rings (SSSR count). The number of carboxylic acid groups (broad SMARTS) is 1. The van der Waals surface area contributed by atoms with Gasteiger partial charge >= 0.3 is 5.97 Å². The normalized spacial score (nSPS) is 11.7. The van der Waals surface area contributed by atoms with Gasteiger partial charge in [-0.2, -0.15) is 0 Å². The maximum Gasteiger partial charge on any atom is 0.314 e. The van der Waals surface area contributed by atoms with E-state index in [9.17, 15) is 9.90 Å². The van der Waals surface area contributed by atoms with Crippen LogP contribution in [0.15, 0.2) is 54.6 Å². The molecule has 0 aliphatic rings. The third kappa shape index (κ3) is 3.51. The highest BCUT2D eigenvalue weighted by Crippen LogP contribution is 2.22. The van der Waals surface area contributed by atoms with E-state index in [4.69, 9.17) is 9.47 Å². The van der Waals surface area contributed by atoms with Gasteiger partial charge in [0.1, 0.15) is 24.0 Å². The Morgan fingerprint density at radius 1 is 1.10 bits per heavy atom. The lowest BCUT2D eigenvalue weighted by Gasteiger charge is -2.15. The summed E-state index contributed by atoms with van der Waals surface area (Å²) in [5, 5.41) is 9.35. The highest BCUT2D eigenvalue weighted by Gasteiger charge is 2.21. The van der Waals surface area contributed by atoms with E-state index in [0.29, 0.717) is 17.1 Å². The number of hydrogen-bond acceptors (Lipinski definition) is 3.